The molecule has 3 amide bonds. The Hall–Kier alpha value is -1.53. The number of anilines is 1. The summed E-state index contributed by atoms with van der Waals surface area (Å²) in [6.45, 7) is 2.28. The molecule has 0 fully saturated rings. The van der Waals surface area contributed by atoms with Gasteiger partial charge in [-0.1, -0.05) is 6.07 Å². The molecule has 1 aromatic rings. The van der Waals surface area contributed by atoms with Crippen molar-refractivity contribution in [2.45, 2.75) is 23.5 Å². The zero-order chi connectivity index (χ0) is 13.3. The van der Waals surface area contributed by atoms with Crippen LogP contribution < -0.4 is 16.4 Å². The second-order valence-electron chi connectivity index (χ2n) is 4.11. The Morgan fingerprint density at radius 3 is 2.83 bits per heavy atom. The highest BCUT2D eigenvalue weighted by Gasteiger charge is 2.33. The minimum atomic E-state index is -0.738. The standard InChI is InChI=1S/C12H15N3O2S/c1-7-11(16)15(12(14)17)9-6-8(4-5-13)2-3-10(9)18-7/h2-3,6-7H,4-5,13H2,1H3,(H2,14,17). The van der Waals surface area contributed by atoms with E-state index in [9.17, 15) is 9.59 Å². The van der Waals surface area contributed by atoms with Gasteiger partial charge in [0, 0.05) is 4.90 Å². The highest BCUT2D eigenvalue weighted by Crippen LogP contribution is 2.39. The van der Waals surface area contributed by atoms with E-state index in [2.05, 4.69) is 0 Å². The molecular formula is C12H15N3O2S. The van der Waals surface area contributed by atoms with Gasteiger partial charge in [0.05, 0.1) is 10.9 Å². The first-order valence-electron chi connectivity index (χ1n) is 5.67. The van der Waals surface area contributed by atoms with Crippen molar-refractivity contribution in [2.24, 2.45) is 11.5 Å². The van der Waals surface area contributed by atoms with Gasteiger partial charge in [-0.3, -0.25) is 4.79 Å². The van der Waals surface area contributed by atoms with Crippen LogP contribution in [0.4, 0.5) is 10.5 Å². The molecule has 0 bridgehead atoms. The van der Waals surface area contributed by atoms with Crippen molar-refractivity contribution < 1.29 is 9.59 Å². The number of thioether (sulfide) groups is 1. The van der Waals surface area contributed by atoms with E-state index in [-0.39, 0.29) is 11.2 Å². The second kappa shape index (κ2) is 4.99. The number of primary amides is 1. The molecule has 1 unspecified atom stereocenters. The van der Waals surface area contributed by atoms with Crippen LogP contribution in [0.25, 0.3) is 0 Å². The molecule has 4 N–H and O–H groups in total. The maximum Gasteiger partial charge on any atom is 0.326 e. The average Bonchev–Trinajstić information content (AvgIpc) is 2.31. The third-order valence-electron chi connectivity index (χ3n) is 2.79. The molecule has 0 spiro atoms. The monoisotopic (exact) mass is 265 g/mol. The van der Waals surface area contributed by atoms with E-state index < -0.39 is 6.03 Å². The van der Waals surface area contributed by atoms with Crippen molar-refractivity contribution in [3.8, 4) is 0 Å². The Kier molecular flexibility index (Phi) is 3.58. The lowest BCUT2D eigenvalue weighted by Crippen LogP contribution is -2.46. The van der Waals surface area contributed by atoms with Gasteiger partial charge in [-0.05, 0) is 37.6 Å². The van der Waals surface area contributed by atoms with Crippen molar-refractivity contribution in [3.63, 3.8) is 0 Å². The Labute approximate surface area is 110 Å². The van der Waals surface area contributed by atoms with Crippen LogP contribution >= 0.6 is 11.8 Å². The van der Waals surface area contributed by atoms with Crippen molar-refractivity contribution in [2.75, 3.05) is 11.4 Å². The van der Waals surface area contributed by atoms with Gasteiger partial charge < -0.3 is 11.5 Å². The van der Waals surface area contributed by atoms with Gasteiger partial charge in [0.1, 0.15) is 0 Å². The molecule has 18 heavy (non-hydrogen) atoms. The molecule has 0 saturated carbocycles. The smallest absolute Gasteiger partial charge is 0.326 e. The van der Waals surface area contributed by atoms with Crippen LogP contribution in [0.1, 0.15) is 12.5 Å². The molecule has 6 heteroatoms. The predicted octanol–water partition coefficient (Wildman–Crippen LogP) is 1.09. The number of urea groups is 1. The number of rotatable bonds is 2. The fourth-order valence-electron chi connectivity index (χ4n) is 1.93. The molecule has 0 radical (unpaired) electrons. The summed E-state index contributed by atoms with van der Waals surface area (Å²) in [6.07, 6.45) is 0.703. The average molecular weight is 265 g/mol. The molecule has 2 rings (SSSR count). The van der Waals surface area contributed by atoms with Crippen molar-refractivity contribution >= 4 is 29.4 Å². The number of hydrogen-bond acceptors (Lipinski definition) is 4. The Balaban J connectivity index is 2.48. The Morgan fingerprint density at radius 2 is 2.22 bits per heavy atom. The molecule has 1 heterocycles. The fraction of sp³-hybridized carbons (Fsp3) is 0.333. The minimum absolute atomic E-state index is 0.273. The number of nitrogens with zero attached hydrogens (tertiary/aromatic N) is 1. The van der Waals surface area contributed by atoms with Crippen LogP contribution in [-0.4, -0.2) is 23.7 Å². The number of carbonyl (C=O) groups is 2. The molecule has 1 aliphatic heterocycles. The topological polar surface area (TPSA) is 89.4 Å². The van der Waals surface area contributed by atoms with Gasteiger partial charge in [0.2, 0.25) is 5.91 Å². The summed E-state index contributed by atoms with van der Waals surface area (Å²) >= 11 is 1.44. The van der Waals surface area contributed by atoms with Crippen molar-refractivity contribution in [1.82, 2.24) is 0 Å². The highest BCUT2D eigenvalue weighted by atomic mass is 32.2. The van der Waals surface area contributed by atoms with Crippen molar-refractivity contribution in [3.05, 3.63) is 23.8 Å². The normalized spacial score (nSPS) is 18.7. The molecule has 0 aliphatic carbocycles. The second-order valence-corrected chi connectivity index (χ2v) is 5.50. The van der Waals surface area contributed by atoms with E-state index in [1.807, 2.05) is 18.2 Å². The number of fused-ring (bicyclic) bond motifs is 1. The van der Waals surface area contributed by atoms with E-state index in [4.69, 9.17) is 11.5 Å². The van der Waals surface area contributed by atoms with Crippen LogP contribution in [0, 0.1) is 0 Å². The first kappa shape index (κ1) is 12.9. The zero-order valence-corrected chi connectivity index (χ0v) is 10.9. The maximum atomic E-state index is 12.0. The minimum Gasteiger partial charge on any atom is -0.351 e. The summed E-state index contributed by atoms with van der Waals surface area (Å²) in [5.74, 6) is -0.273. The maximum absolute atomic E-state index is 12.0. The van der Waals surface area contributed by atoms with Crippen LogP contribution in [0.3, 0.4) is 0 Å². The molecule has 5 nitrogen and oxygen atoms in total. The first-order valence-corrected chi connectivity index (χ1v) is 6.55. The van der Waals surface area contributed by atoms with Gasteiger partial charge in [0.25, 0.3) is 0 Å². The summed E-state index contributed by atoms with van der Waals surface area (Å²) in [6, 6.07) is 4.94. The SMILES string of the molecule is CC1Sc2ccc(CCN)cc2N(C(N)=O)C1=O. The number of nitrogens with two attached hydrogens (primary N) is 2. The Morgan fingerprint density at radius 1 is 1.50 bits per heavy atom. The molecule has 0 saturated heterocycles. The third-order valence-corrected chi connectivity index (χ3v) is 3.94. The quantitative estimate of drug-likeness (QED) is 0.837. The largest absolute Gasteiger partial charge is 0.351 e. The first-order chi connectivity index (χ1) is 8.54. The van der Waals surface area contributed by atoms with E-state index in [1.165, 1.54) is 11.8 Å². The molecule has 0 aromatic heterocycles. The van der Waals surface area contributed by atoms with Gasteiger partial charge >= 0.3 is 6.03 Å². The summed E-state index contributed by atoms with van der Waals surface area (Å²) in [7, 11) is 0. The molecular weight excluding hydrogens is 250 g/mol. The summed E-state index contributed by atoms with van der Waals surface area (Å²) in [5, 5.41) is -0.301. The van der Waals surface area contributed by atoms with E-state index in [0.717, 1.165) is 15.4 Å². The van der Waals surface area contributed by atoms with Crippen LogP contribution in [0.5, 0.6) is 0 Å². The van der Waals surface area contributed by atoms with Crippen LogP contribution in [0.15, 0.2) is 23.1 Å². The summed E-state index contributed by atoms with van der Waals surface area (Å²) in [4.78, 5) is 25.4. The van der Waals surface area contributed by atoms with Gasteiger partial charge in [-0.25, -0.2) is 9.69 Å². The predicted molar refractivity (Wildman–Crippen MR) is 71.6 cm³/mol. The van der Waals surface area contributed by atoms with Crippen molar-refractivity contribution in [1.29, 1.82) is 0 Å². The molecule has 1 aliphatic rings. The van der Waals surface area contributed by atoms with Crippen LogP contribution in [0.2, 0.25) is 0 Å². The molecule has 1 atom stereocenters. The fourth-order valence-corrected chi connectivity index (χ4v) is 2.93. The van der Waals surface area contributed by atoms with E-state index in [0.29, 0.717) is 18.7 Å². The van der Waals surface area contributed by atoms with Gasteiger partial charge in [-0.2, -0.15) is 0 Å². The van der Waals surface area contributed by atoms with Gasteiger partial charge in [0.15, 0.2) is 0 Å². The Bertz CT molecular complexity index is 504. The zero-order valence-electron chi connectivity index (χ0n) is 10.1. The number of benzene rings is 1. The lowest BCUT2D eigenvalue weighted by atomic mass is 10.1. The van der Waals surface area contributed by atoms with E-state index in [1.54, 1.807) is 6.92 Å². The third kappa shape index (κ3) is 2.21. The number of amides is 3. The number of hydrogen-bond donors (Lipinski definition) is 2. The highest BCUT2D eigenvalue weighted by molar-refractivity contribution is 8.01. The molecule has 1 aromatic carbocycles. The molecule has 96 valence electrons. The lowest BCUT2D eigenvalue weighted by Gasteiger charge is -2.29. The lowest BCUT2D eigenvalue weighted by molar-refractivity contribution is -0.117. The summed E-state index contributed by atoms with van der Waals surface area (Å²) < 4.78 is 0. The van der Waals surface area contributed by atoms with Gasteiger partial charge in [-0.15, -0.1) is 11.8 Å². The number of imide groups is 1. The summed E-state index contributed by atoms with van der Waals surface area (Å²) in [5.41, 5.74) is 12.4. The number of carbonyl (C=O) groups excluding carboxylic acids is 2. The van der Waals surface area contributed by atoms with Crippen LogP contribution in [-0.2, 0) is 11.2 Å². The van der Waals surface area contributed by atoms with E-state index >= 15 is 0 Å².